The van der Waals surface area contributed by atoms with Crippen LogP contribution in [0.5, 0.6) is 0 Å². The first kappa shape index (κ1) is 17.6. The fourth-order valence-corrected chi connectivity index (χ4v) is 1.40. The monoisotopic (exact) mass is 294 g/mol. The molecule has 6 heteroatoms. The molecule has 0 aliphatic heterocycles. The highest BCUT2D eigenvalue weighted by atomic mass is 32.1. The van der Waals surface area contributed by atoms with Crippen LogP contribution in [0.25, 0.3) is 0 Å². The van der Waals surface area contributed by atoms with Crippen LogP contribution in [0.15, 0.2) is 0 Å². The van der Waals surface area contributed by atoms with Crippen LogP contribution in [0.3, 0.4) is 0 Å². The molecule has 0 aliphatic carbocycles. The Labute approximate surface area is 120 Å². The van der Waals surface area contributed by atoms with E-state index in [-0.39, 0.29) is 48.5 Å². The van der Waals surface area contributed by atoms with Crippen molar-refractivity contribution in [2.24, 2.45) is 0 Å². The zero-order chi connectivity index (χ0) is 14.0. The third-order valence-corrected chi connectivity index (χ3v) is 3.45. The van der Waals surface area contributed by atoms with Crippen LogP contribution < -0.4 is 0 Å². The highest BCUT2D eigenvalue weighted by Crippen LogP contribution is 2.07. The molecule has 0 aliphatic rings. The maximum absolute atomic E-state index is 11.3. The second-order valence-electron chi connectivity index (χ2n) is 3.97. The molecule has 0 N–H and O–H groups in total. The Morgan fingerprint density at radius 2 is 1.22 bits per heavy atom. The molecule has 2 atom stereocenters. The Morgan fingerprint density at radius 3 is 1.50 bits per heavy atom. The Balaban J connectivity index is 3.55. The number of hydrogen-bond acceptors (Lipinski definition) is 6. The van der Waals surface area contributed by atoms with E-state index in [1.165, 1.54) is 0 Å². The molecule has 0 saturated heterocycles. The topological polar surface area (TPSA) is 52.6 Å². The summed E-state index contributed by atoms with van der Waals surface area (Å²) in [4.78, 5) is 22.5. The molecule has 0 aromatic heterocycles. The molecule has 0 aromatic rings. The normalized spacial score (nSPS) is 13.8. The maximum atomic E-state index is 11.3. The van der Waals surface area contributed by atoms with Gasteiger partial charge in [0.1, 0.15) is 13.2 Å². The first-order chi connectivity index (χ1) is 8.49. The van der Waals surface area contributed by atoms with Gasteiger partial charge < -0.3 is 9.47 Å². The molecular weight excluding hydrogens is 272 g/mol. The van der Waals surface area contributed by atoms with E-state index >= 15 is 0 Å². The van der Waals surface area contributed by atoms with Crippen molar-refractivity contribution >= 4 is 37.2 Å². The molecule has 0 saturated carbocycles. The van der Waals surface area contributed by atoms with Gasteiger partial charge in [0, 0.05) is 10.5 Å². The van der Waals surface area contributed by atoms with E-state index in [1.807, 2.05) is 13.8 Å². The Kier molecular flexibility index (Phi) is 10.3. The summed E-state index contributed by atoms with van der Waals surface area (Å²) in [5, 5.41) is 0.0455. The lowest BCUT2D eigenvalue weighted by Crippen LogP contribution is -2.17. The molecule has 0 rings (SSSR count). The standard InChI is InChI=1S/C12H22O4S2/c1-3-9(17)7-11(13)15-5-6-16-12(14)8-10(18)4-2/h9-10,17-18H,3-8H2,1-2H3/t9-,10+. The minimum absolute atomic E-state index is 0.0227. The molecule has 0 heterocycles. The summed E-state index contributed by atoms with van der Waals surface area (Å²) >= 11 is 8.40. The summed E-state index contributed by atoms with van der Waals surface area (Å²) in [6, 6.07) is 0. The first-order valence-corrected chi connectivity index (χ1v) is 7.20. The Morgan fingerprint density at radius 1 is 0.889 bits per heavy atom. The Bertz CT molecular complexity index is 232. The van der Waals surface area contributed by atoms with Crippen molar-refractivity contribution in [2.45, 2.75) is 50.0 Å². The number of thiol groups is 2. The lowest BCUT2D eigenvalue weighted by atomic mass is 10.2. The summed E-state index contributed by atoms with van der Waals surface area (Å²) in [6.45, 7) is 4.10. The SMILES string of the molecule is CC[C@@H](S)CC(=O)OCCOC(=O)C[C@@H](S)CC. The van der Waals surface area contributed by atoms with Crippen LogP contribution >= 0.6 is 25.3 Å². The van der Waals surface area contributed by atoms with Crippen molar-refractivity contribution in [3.63, 3.8) is 0 Å². The fraction of sp³-hybridized carbons (Fsp3) is 0.833. The second-order valence-corrected chi connectivity index (χ2v) is 5.43. The van der Waals surface area contributed by atoms with Crippen LogP contribution in [0.2, 0.25) is 0 Å². The second kappa shape index (κ2) is 10.6. The minimum atomic E-state index is -0.312. The van der Waals surface area contributed by atoms with Gasteiger partial charge in [-0.15, -0.1) is 0 Å². The van der Waals surface area contributed by atoms with Gasteiger partial charge in [0.25, 0.3) is 0 Å². The Hall–Kier alpha value is -0.360. The van der Waals surface area contributed by atoms with Crippen molar-refractivity contribution < 1.29 is 19.1 Å². The number of carbonyl (C=O) groups excluding carboxylic acids is 2. The van der Waals surface area contributed by atoms with E-state index in [0.29, 0.717) is 0 Å². The fourth-order valence-electron chi connectivity index (χ4n) is 1.10. The molecule has 0 bridgehead atoms. The third kappa shape index (κ3) is 9.65. The van der Waals surface area contributed by atoms with Gasteiger partial charge in [-0.25, -0.2) is 0 Å². The van der Waals surface area contributed by atoms with Gasteiger partial charge in [0.05, 0.1) is 12.8 Å². The van der Waals surface area contributed by atoms with Gasteiger partial charge in [-0.3, -0.25) is 9.59 Å². The summed E-state index contributed by atoms with van der Waals surface area (Å²) in [5.41, 5.74) is 0. The van der Waals surface area contributed by atoms with Gasteiger partial charge >= 0.3 is 11.9 Å². The zero-order valence-electron chi connectivity index (χ0n) is 10.9. The molecule has 0 fully saturated rings. The quantitative estimate of drug-likeness (QED) is 0.389. The minimum Gasteiger partial charge on any atom is -0.462 e. The van der Waals surface area contributed by atoms with E-state index < -0.39 is 0 Å². The van der Waals surface area contributed by atoms with Gasteiger partial charge in [-0.2, -0.15) is 25.3 Å². The van der Waals surface area contributed by atoms with E-state index in [1.54, 1.807) is 0 Å². The molecule has 0 aromatic carbocycles. The summed E-state index contributed by atoms with van der Waals surface area (Å²) in [6.07, 6.45) is 2.19. The molecule has 106 valence electrons. The summed E-state index contributed by atoms with van der Waals surface area (Å²) < 4.78 is 9.82. The highest BCUT2D eigenvalue weighted by Gasteiger charge is 2.11. The highest BCUT2D eigenvalue weighted by molar-refractivity contribution is 7.81. The number of hydrogen-bond donors (Lipinski definition) is 2. The van der Waals surface area contributed by atoms with Crippen LogP contribution in [0.4, 0.5) is 0 Å². The third-order valence-electron chi connectivity index (χ3n) is 2.36. The summed E-state index contributed by atoms with van der Waals surface area (Å²) in [7, 11) is 0. The first-order valence-electron chi connectivity index (χ1n) is 6.16. The number of rotatable bonds is 9. The lowest BCUT2D eigenvalue weighted by molar-refractivity contribution is -0.152. The predicted octanol–water partition coefficient (Wildman–Crippen LogP) is 2.27. The number of ether oxygens (including phenoxy) is 2. The van der Waals surface area contributed by atoms with Gasteiger partial charge in [0.15, 0.2) is 0 Å². The van der Waals surface area contributed by atoms with E-state index in [4.69, 9.17) is 9.47 Å². The van der Waals surface area contributed by atoms with E-state index in [0.717, 1.165) is 12.8 Å². The lowest BCUT2D eigenvalue weighted by Gasteiger charge is -2.10. The van der Waals surface area contributed by atoms with Gasteiger partial charge in [0.2, 0.25) is 0 Å². The van der Waals surface area contributed by atoms with Crippen molar-refractivity contribution in [3.8, 4) is 0 Å². The van der Waals surface area contributed by atoms with Gasteiger partial charge in [-0.05, 0) is 12.8 Å². The summed E-state index contributed by atoms with van der Waals surface area (Å²) in [5.74, 6) is -0.623. The molecule has 0 unspecified atom stereocenters. The van der Waals surface area contributed by atoms with E-state index in [9.17, 15) is 9.59 Å². The molecule has 18 heavy (non-hydrogen) atoms. The van der Waals surface area contributed by atoms with Crippen molar-refractivity contribution in [2.75, 3.05) is 13.2 Å². The maximum Gasteiger partial charge on any atom is 0.307 e. The van der Waals surface area contributed by atoms with Gasteiger partial charge in [-0.1, -0.05) is 13.8 Å². The predicted molar refractivity (Wildman–Crippen MR) is 77.3 cm³/mol. The molecular formula is C12H22O4S2. The molecule has 4 nitrogen and oxygen atoms in total. The number of esters is 2. The van der Waals surface area contributed by atoms with Crippen LogP contribution in [0, 0.1) is 0 Å². The van der Waals surface area contributed by atoms with Crippen LogP contribution in [-0.4, -0.2) is 35.7 Å². The number of carbonyl (C=O) groups is 2. The van der Waals surface area contributed by atoms with Crippen molar-refractivity contribution in [1.29, 1.82) is 0 Å². The largest absolute Gasteiger partial charge is 0.462 e. The van der Waals surface area contributed by atoms with Crippen molar-refractivity contribution in [1.82, 2.24) is 0 Å². The molecule has 0 amide bonds. The van der Waals surface area contributed by atoms with Crippen LogP contribution in [-0.2, 0) is 19.1 Å². The molecule has 0 spiro atoms. The average molecular weight is 294 g/mol. The average Bonchev–Trinajstić information content (AvgIpc) is 2.34. The zero-order valence-corrected chi connectivity index (χ0v) is 12.7. The van der Waals surface area contributed by atoms with E-state index in [2.05, 4.69) is 25.3 Å². The van der Waals surface area contributed by atoms with Crippen LogP contribution in [0.1, 0.15) is 39.5 Å². The molecule has 0 radical (unpaired) electrons. The smallest absolute Gasteiger partial charge is 0.307 e. The van der Waals surface area contributed by atoms with Crippen molar-refractivity contribution in [3.05, 3.63) is 0 Å².